The van der Waals surface area contributed by atoms with Crippen LogP contribution in [-0.4, -0.2) is 175 Å². The molecule has 0 saturated carbocycles. The fourth-order valence-electron chi connectivity index (χ4n) is 5.81. The van der Waals surface area contributed by atoms with E-state index in [9.17, 15) is 58.5 Å². The Morgan fingerprint density at radius 1 is 0.456 bits per heavy atom. The van der Waals surface area contributed by atoms with E-state index in [0.717, 1.165) is 20.8 Å². The molecular formula is C35H56N4O18. The first kappa shape index (κ1) is 50.1. The SMILES string of the molecule is CC(=O)OCOC(=O)CCCC(C(=O)O)N1CCNCCN(C(CCCC(=O)OCOC(C)=O)C(=O)O)CCN(C(CCCC(=O)OCOC(C)=O)C(=O)O)CC1. The van der Waals surface area contributed by atoms with Gasteiger partial charge in [0, 0.05) is 92.4 Å². The fraction of sp³-hybridized carbons (Fsp3) is 0.743. The van der Waals surface area contributed by atoms with E-state index in [4.69, 9.17) is 14.2 Å². The molecule has 57 heavy (non-hydrogen) atoms. The Hall–Kier alpha value is -4.93. The minimum Gasteiger partial charge on any atom is -0.480 e. The zero-order valence-electron chi connectivity index (χ0n) is 32.7. The van der Waals surface area contributed by atoms with E-state index in [-0.39, 0.29) is 110 Å². The number of carbonyl (C=O) groups excluding carboxylic acids is 6. The van der Waals surface area contributed by atoms with Gasteiger partial charge in [0.25, 0.3) is 0 Å². The Balaban J connectivity index is 3.21. The van der Waals surface area contributed by atoms with Crippen LogP contribution in [0.1, 0.15) is 78.6 Å². The smallest absolute Gasteiger partial charge is 0.320 e. The summed E-state index contributed by atoms with van der Waals surface area (Å²) in [7, 11) is 0. The van der Waals surface area contributed by atoms with Gasteiger partial charge in [-0.15, -0.1) is 0 Å². The summed E-state index contributed by atoms with van der Waals surface area (Å²) in [6.07, 6.45) is -0.197. The molecule has 22 heteroatoms. The number of nitrogens with one attached hydrogen (secondary N) is 1. The number of carboxylic acids is 3. The maximum Gasteiger partial charge on any atom is 0.320 e. The van der Waals surface area contributed by atoms with Crippen molar-refractivity contribution in [3.8, 4) is 0 Å². The molecule has 4 N–H and O–H groups in total. The molecule has 1 heterocycles. The summed E-state index contributed by atoms with van der Waals surface area (Å²) in [4.78, 5) is 112. The van der Waals surface area contributed by atoms with Gasteiger partial charge in [0.15, 0.2) is 0 Å². The highest BCUT2D eigenvalue weighted by Gasteiger charge is 2.32. The molecule has 0 aromatic carbocycles. The molecule has 0 spiro atoms. The molecule has 0 aliphatic carbocycles. The van der Waals surface area contributed by atoms with Crippen LogP contribution in [-0.2, 0) is 71.6 Å². The highest BCUT2D eigenvalue weighted by atomic mass is 16.7. The number of carbonyl (C=O) groups is 9. The first-order valence-electron chi connectivity index (χ1n) is 18.5. The van der Waals surface area contributed by atoms with Gasteiger partial charge in [-0.25, -0.2) is 0 Å². The van der Waals surface area contributed by atoms with Gasteiger partial charge in [-0.1, -0.05) is 0 Å². The van der Waals surface area contributed by atoms with Gasteiger partial charge < -0.3 is 49.1 Å². The Kier molecular flexibility index (Phi) is 25.0. The van der Waals surface area contributed by atoms with Crippen molar-refractivity contribution in [1.82, 2.24) is 20.0 Å². The van der Waals surface area contributed by atoms with E-state index in [0.29, 0.717) is 0 Å². The predicted octanol–water partition coefficient (Wildman–Crippen LogP) is -0.442. The van der Waals surface area contributed by atoms with Crippen molar-refractivity contribution in [2.45, 2.75) is 96.7 Å². The van der Waals surface area contributed by atoms with Gasteiger partial charge in [0.05, 0.1) is 0 Å². The summed E-state index contributed by atoms with van der Waals surface area (Å²) in [6, 6.07) is -3.36. The average Bonchev–Trinajstić information content (AvgIpc) is 3.11. The van der Waals surface area contributed by atoms with Gasteiger partial charge >= 0.3 is 53.7 Å². The van der Waals surface area contributed by atoms with E-state index >= 15 is 0 Å². The summed E-state index contributed by atoms with van der Waals surface area (Å²) in [5.74, 6) is -7.62. The summed E-state index contributed by atoms with van der Waals surface area (Å²) >= 11 is 0. The number of ether oxygens (including phenoxy) is 6. The van der Waals surface area contributed by atoms with Crippen molar-refractivity contribution in [2.24, 2.45) is 0 Å². The van der Waals surface area contributed by atoms with Crippen LogP contribution >= 0.6 is 0 Å². The number of esters is 6. The van der Waals surface area contributed by atoms with Gasteiger partial charge in [-0.3, -0.25) is 57.9 Å². The molecule has 0 aromatic heterocycles. The number of nitrogens with zero attached hydrogens (tertiary/aromatic N) is 3. The molecule has 22 nitrogen and oxygen atoms in total. The zero-order chi connectivity index (χ0) is 42.8. The second-order valence-corrected chi connectivity index (χ2v) is 12.9. The molecule has 1 aliphatic rings. The van der Waals surface area contributed by atoms with Gasteiger partial charge in [-0.05, 0) is 38.5 Å². The molecule has 324 valence electrons. The molecule has 0 amide bonds. The van der Waals surface area contributed by atoms with Crippen LogP contribution < -0.4 is 5.32 Å². The monoisotopic (exact) mass is 820 g/mol. The van der Waals surface area contributed by atoms with E-state index in [1.807, 2.05) is 0 Å². The van der Waals surface area contributed by atoms with Crippen LogP contribution in [0.5, 0.6) is 0 Å². The quantitative estimate of drug-likeness (QED) is 0.0545. The van der Waals surface area contributed by atoms with Crippen LogP contribution in [0.25, 0.3) is 0 Å². The molecule has 3 unspecified atom stereocenters. The largest absolute Gasteiger partial charge is 0.480 e. The van der Waals surface area contributed by atoms with Crippen molar-refractivity contribution in [3.63, 3.8) is 0 Å². The first-order valence-corrected chi connectivity index (χ1v) is 18.5. The summed E-state index contributed by atoms with van der Waals surface area (Å²) in [5.41, 5.74) is 0. The third-order valence-corrected chi connectivity index (χ3v) is 8.70. The second-order valence-electron chi connectivity index (χ2n) is 12.9. The van der Waals surface area contributed by atoms with Crippen molar-refractivity contribution >= 4 is 53.7 Å². The lowest BCUT2D eigenvalue weighted by Crippen LogP contribution is -2.54. The van der Waals surface area contributed by atoms with Crippen LogP contribution in [0, 0.1) is 0 Å². The lowest BCUT2D eigenvalue weighted by Gasteiger charge is -2.37. The van der Waals surface area contributed by atoms with Crippen LogP contribution in [0.3, 0.4) is 0 Å². The van der Waals surface area contributed by atoms with E-state index in [1.54, 1.807) is 14.7 Å². The topological polar surface area (TPSA) is 291 Å². The number of rotatable bonds is 24. The Bertz CT molecular complexity index is 1280. The Labute approximate surface area is 329 Å². The molecule has 1 rings (SSSR count). The fourth-order valence-corrected chi connectivity index (χ4v) is 5.81. The molecule has 0 radical (unpaired) electrons. The highest BCUT2D eigenvalue weighted by molar-refractivity contribution is 5.75. The van der Waals surface area contributed by atoms with E-state index < -0.39 is 92.2 Å². The normalized spacial score (nSPS) is 16.3. The summed E-state index contributed by atoms with van der Waals surface area (Å²) in [5, 5.41) is 33.9. The van der Waals surface area contributed by atoms with Gasteiger partial charge in [0.2, 0.25) is 20.4 Å². The van der Waals surface area contributed by atoms with Crippen LogP contribution in [0.15, 0.2) is 0 Å². The predicted molar refractivity (Wildman–Crippen MR) is 192 cm³/mol. The molecule has 3 atom stereocenters. The first-order chi connectivity index (χ1) is 27.0. The lowest BCUT2D eigenvalue weighted by molar-refractivity contribution is -0.167. The maximum absolute atomic E-state index is 12.7. The van der Waals surface area contributed by atoms with Crippen molar-refractivity contribution in [2.75, 3.05) is 72.7 Å². The standard InChI is InChI=1S/C35H56N4O18/c1-24(40)52-21-55-30(43)10-4-7-27(33(46)47)37-15-13-36-14-16-38(28(34(48)49)8-5-11-31(44)56-22-53-25(2)41)18-20-39(19-17-37)29(35(50)51)9-6-12-32(45)57-23-54-26(3)42/h27-29,36H,4-23H2,1-3H3,(H,46,47)(H,48,49)(H,50,51). The maximum atomic E-state index is 12.7. The number of hydrogen-bond acceptors (Lipinski definition) is 19. The molecule has 1 fully saturated rings. The van der Waals surface area contributed by atoms with Crippen molar-refractivity contribution in [1.29, 1.82) is 0 Å². The second kappa shape index (κ2) is 28.5. The zero-order valence-corrected chi connectivity index (χ0v) is 32.7. The highest BCUT2D eigenvalue weighted by Crippen LogP contribution is 2.17. The molecule has 0 aromatic rings. The van der Waals surface area contributed by atoms with Crippen molar-refractivity contribution < 1.29 is 86.9 Å². The van der Waals surface area contributed by atoms with Crippen LogP contribution in [0.2, 0.25) is 0 Å². The molecule has 1 aliphatic heterocycles. The summed E-state index contributed by atoms with van der Waals surface area (Å²) in [6.45, 7) is 2.76. The van der Waals surface area contributed by atoms with Gasteiger partial charge in [-0.2, -0.15) is 0 Å². The minimum absolute atomic E-state index is 0.0157. The van der Waals surface area contributed by atoms with Crippen molar-refractivity contribution in [3.05, 3.63) is 0 Å². The van der Waals surface area contributed by atoms with Gasteiger partial charge in [0.1, 0.15) is 18.1 Å². The Morgan fingerprint density at radius 3 is 0.965 bits per heavy atom. The molecule has 1 saturated heterocycles. The lowest BCUT2D eigenvalue weighted by atomic mass is 10.1. The molecule has 0 bridgehead atoms. The number of hydrogen-bond donors (Lipinski definition) is 4. The van der Waals surface area contributed by atoms with E-state index in [2.05, 4.69) is 19.5 Å². The molecular weight excluding hydrogens is 764 g/mol. The Morgan fingerprint density at radius 2 is 0.719 bits per heavy atom. The number of carboxylic acid groups (broad SMARTS) is 3. The van der Waals surface area contributed by atoms with E-state index in [1.165, 1.54) is 0 Å². The van der Waals surface area contributed by atoms with Crippen LogP contribution in [0.4, 0.5) is 0 Å². The third-order valence-electron chi connectivity index (χ3n) is 8.70. The minimum atomic E-state index is -1.24. The average molecular weight is 821 g/mol. The third kappa shape index (κ3) is 23.0. The summed E-state index contributed by atoms with van der Waals surface area (Å²) < 4.78 is 28.2. The number of aliphatic carboxylic acids is 3.